The van der Waals surface area contributed by atoms with Gasteiger partial charge in [-0.15, -0.1) is 0 Å². The summed E-state index contributed by atoms with van der Waals surface area (Å²) in [6, 6.07) is 1.81. The van der Waals surface area contributed by atoms with Gasteiger partial charge in [0.2, 0.25) is 5.88 Å². The van der Waals surface area contributed by atoms with E-state index in [1.54, 1.807) is 13.3 Å². The lowest BCUT2D eigenvalue weighted by Gasteiger charge is -2.08. The molecule has 0 saturated carbocycles. The molecule has 2 aromatic heterocycles. The second-order valence-electron chi connectivity index (χ2n) is 4.28. The standard InChI is InChI=1S/C13H19N5O/c1-11-16-12(9-13(17-11)19-2)15-5-3-4-7-18-8-6-14-10-18/h6,8-10H,3-5,7H2,1-2H3,(H,15,16,17). The third-order valence-electron chi connectivity index (χ3n) is 2.73. The van der Waals surface area contributed by atoms with Gasteiger partial charge in [-0.05, 0) is 19.8 Å². The van der Waals surface area contributed by atoms with E-state index in [4.69, 9.17) is 4.74 Å². The predicted molar refractivity (Wildman–Crippen MR) is 73.3 cm³/mol. The van der Waals surface area contributed by atoms with E-state index in [-0.39, 0.29) is 0 Å². The van der Waals surface area contributed by atoms with Crippen LogP contribution in [0.5, 0.6) is 5.88 Å². The molecule has 0 amide bonds. The zero-order valence-corrected chi connectivity index (χ0v) is 11.3. The third-order valence-corrected chi connectivity index (χ3v) is 2.73. The van der Waals surface area contributed by atoms with E-state index < -0.39 is 0 Å². The van der Waals surface area contributed by atoms with Crippen LogP contribution >= 0.6 is 0 Å². The van der Waals surface area contributed by atoms with Gasteiger partial charge < -0.3 is 14.6 Å². The molecule has 2 heterocycles. The maximum Gasteiger partial charge on any atom is 0.218 e. The Hall–Kier alpha value is -2.11. The fraction of sp³-hybridized carbons (Fsp3) is 0.462. The van der Waals surface area contributed by atoms with Crippen molar-refractivity contribution in [2.75, 3.05) is 19.0 Å². The zero-order valence-electron chi connectivity index (χ0n) is 11.3. The molecule has 0 atom stereocenters. The molecule has 0 aliphatic carbocycles. The highest BCUT2D eigenvalue weighted by molar-refractivity contribution is 5.38. The van der Waals surface area contributed by atoms with E-state index >= 15 is 0 Å². The van der Waals surface area contributed by atoms with E-state index in [1.807, 2.05) is 25.5 Å². The molecule has 2 rings (SSSR count). The topological polar surface area (TPSA) is 64.9 Å². The van der Waals surface area contributed by atoms with Crippen molar-refractivity contribution in [3.05, 3.63) is 30.6 Å². The van der Waals surface area contributed by atoms with Crippen molar-refractivity contribution in [1.82, 2.24) is 19.5 Å². The maximum absolute atomic E-state index is 5.11. The molecule has 0 saturated heterocycles. The van der Waals surface area contributed by atoms with Crippen LogP contribution in [-0.2, 0) is 6.54 Å². The minimum atomic E-state index is 0.591. The van der Waals surface area contributed by atoms with Crippen molar-refractivity contribution in [2.45, 2.75) is 26.3 Å². The van der Waals surface area contributed by atoms with Crippen LogP contribution in [-0.4, -0.2) is 33.2 Å². The molecule has 0 bridgehead atoms. The molecular formula is C13H19N5O. The van der Waals surface area contributed by atoms with Crippen molar-refractivity contribution in [2.24, 2.45) is 0 Å². The van der Waals surface area contributed by atoms with Crippen LogP contribution in [0.25, 0.3) is 0 Å². The molecule has 2 aromatic rings. The van der Waals surface area contributed by atoms with Gasteiger partial charge in [0.25, 0.3) is 0 Å². The Bertz CT molecular complexity index is 498. The SMILES string of the molecule is COc1cc(NCCCCn2ccnc2)nc(C)n1. The third kappa shape index (κ3) is 4.24. The minimum absolute atomic E-state index is 0.591. The number of unbranched alkanes of at least 4 members (excludes halogenated alkanes) is 1. The molecule has 0 fully saturated rings. The van der Waals surface area contributed by atoms with E-state index in [9.17, 15) is 0 Å². The number of nitrogens with one attached hydrogen (secondary N) is 1. The first-order chi connectivity index (χ1) is 9.28. The fourth-order valence-electron chi connectivity index (χ4n) is 1.79. The number of ether oxygens (including phenoxy) is 1. The van der Waals surface area contributed by atoms with Crippen molar-refractivity contribution >= 4 is 5.82 Å². The molecule has 0 aliphatic heterocycles. The second kappa shape index (κ2) is 6.72. The number of nitrogens with zero attached hydrogens (tertiary/aromatic N) is 4. The quantitative estimate of drug-likeness (QED) is 0.771. The van der Waals surface area contributed by atoms with Crippen LogP contribution < -0.4 is 10.1 Å². The summed E-state index contributed by atoms with van der Waals surface area (Å²) in [7, 11) is 1.61. The largest absolute Gasteiger partial charge is 0.481 e. The van der Waals surface area contributed by atoms with E-state index in [0.717, 1.165) is 31.7 Å². The molecule has 0 unspecified atom stereocenters. The van der Waals surface area contributed by atoms with E-state index in [1.165, 1.54) is 0 Å². The van der Waals surface area contributed by atoms with Gasteiger partial charge in [0, 0.05) is 31.5 Å². The molecule has 102 valence electrons. The normalized spacial score (nSPS) is 10.4. The Labute approximate surface area is 112 Å². The highest BCUT2D eigenvalue weighted by Crippen LogP contribution is 2.12. The number of aryl methyl sites for hydroxylation is 2. The second-order valence-corrected chi connectivity index (χ2v) is 4.28. The Balaban J connectivity index is 1.72. The molecule has 0 spiro atoms. The Morgan fingerprint density at radius 2 is 2.21 bits per heavy atom. The van der Waals surface area contributed by atoms with Gasteiger partial charge in [-0.3, -0.25) is 0 Å². The monoisotopic (exact) mass is 261 g/mol. The Morgan fingerprint density at radius 1 is 1.32 bits per heavy atom. The maximum atomic E-state index is 5.11. The zero-order chi connectivity index (χ0) is 13.5. The summed E-state index contributed by atoms with van der Waals surface area (Å²) in [6.45, 7) is 3.73. The summed E-state index contributed by atoms with van der Waals surface area (Å²) in [4.78, 5) is 12.5. The number of methoxy groups -OCH3 is 1. The van der Waals surface area contributed by atoms with Gasteiger partial charge in [0.15, 0.2) is 0 Å². The van der Waals surface area contributed by atoms with Gasteiger partial charge >= 0.3 is 0 Å². The molecule has 0 radical (unpaired) electrons. The van der Waals surface area contributed by atoms with Crippen LogP contribution in [0.4, 0.5) is 5.82 Å². The highest BCUT2D eigenvalue weighted by Gasteiger charge is 2.01. The summed E-state index contributed by atoms with van der Waals surface area (Å²) in [6.07, 6.45) is 7.79. The first-order valence-corrected chi connectivity index (χ1v) is 6.37. The lowest BCUT2D eigenvalue weighted by Crippen LogP contribution is -2.06. The first-order valence-electron chi connectivity index (χ1n) is 6.37. The van der Waals surface area contributed by atoms with Crippen LogP contribution in [0.2, 0.25) is 0 Å². The van der Waals surface area contributed by atoms with E-state index in [0.29, 0.717) is 11.7 Å². The molecule has 6 heteroatoms. The Kier molecular flexibility index (Phi) is 4.72. The first kappa shape index (κ1) is 13.3. The number of imidazole rings is 1. The smallest absolute Gasteiger partial charge is 0.218 e. The summed E-state index contributed by atoms with van der Waals surface area (Å²) < 4.78 is 7.19. The van der Waals surface area contributed by atoms with Gasteiger partial charge in [0.05, 0.1) is 13.4 Å². The minimum Gasteiger partial charge on any atom is -0.481 e. The fourth-order valence-corrected chi connectivity index (χ4v) is 1.79. The van der Waals surface area contributed by atoms with Crippen molar-refractivity contribution in [3.8, 4) is 5.88 Å². The van der Waals surface area contributed by atoms with Crippen LogP contribution in [0.3, 0.4) is 0 Å². The molecule has 0 aromatic carbocycles. The van der Waals surface area contributed by atoms with Gasteiger partial charge in [-0.2, -0.15) is 4.98 Å². The molecule has 19 heavy (non-hydrogen) atoms. The summed E-state index contributed by atoms with van der Waals surface area (Å²) in [5.41, 5.74) is 0. The van der Waals surface area contributed by atoms with Gasteiger partial charge in [-0.25, -0.2) is 9.97 Å². The number of anilines is 1. The highest BCUT2D eigenvalue weighted by atomic mass is 16.5. The average Bonchev–Trinajstić information content (AvgIpc) is 2.91. The van der Waals surface area contributed by atoms with Crippen molar-refractivity contribution in [3.63, 3.8) is 0 Å². The lowest BCUT2D eigenvalue weighted by atomic mass is 10.3. The predicted octanol–water partition coefficient (Wildman–Crippen LogP) is 1.88. The van der Waals surface area contributed by atoms with Gasteiger partial charge in [-0.1, -0.05) is 0 Å². The van der Waals surface area contributed by atoms with Crippen LogP contribution in [0, 0.1) is 6.92 Å². The molecular weight excluding hydrogens is 242 g/mol. The van der Waals surface area contributed by atoms with E-state index in [2.05, 4.69) is 24.8 Å². The molecule has 6 nitrogen and oxygen atoms in total. The molecule has 0 aliphatic rings. The summed E-state index contributed by atoms with van der Waals surface area (Å²) in [5.74, 6) is 2.11. The molecule has 1 N–H and O–H groups in total. The lowest BCUT2D eigenvalue weighted by molar-refractivity contribution is 0.396. The summed E-state index contributed by atoms with van der Waals surface area (Å²) >= 11 is 0. The number of rotatable bonds is 7. The summed E-state index contributed by atoms with van der Waals surface area (Å²) in [5, 5.41) is 3.28. The van der Waals surface area contributed by atoms with Crippen LogP contribution in [0.15, 0.2) is 24.8 Å². The number of hydrogen-bond acceptors (Lipinski definition) is 5. The Morgan fingerprint density at radius 3 is 2.95 bits per heavy atom. The average molecular weight is 261 g/mol. The van der Waals surface area contributed by atoms with Crippen molar-refractivity contribution in [1.29, 1.82) is 0 Å². The van der Waals surface area contributed by atoms with Crippen molar-refractivity contribution < 1.29 is 4.74 Å². The number of hydrogen-bond donors (Lipinski definition) is 1. The number of aromatic nitrogens is 4. The van der Waals surface area contributed by atoms with Gasteiger partial charge in [0.1, 0.15) is 11.6 Å². The van der Waals surface area contributed by atoms with Crippen LogP contribution in [0.1, 0.15) is 18.7 Å².